The highest BCUT2D eigenvalue weighted by Crippen LogP contribution is 2.06. The van der Waals surface area contributed by atoms with Crippen LogP contribution in [0.1, 0.15) is 18.9 Å². The van der Waals surface area contributed by atoms with Gasteiger partial charge in [-0.25, -0.2) is 13.4 Å². The minimum atomic E-state index is -3.14. The Morgan fingerprint density at radius 1 is 1.16 bits per heavy atom. The lowest BCUT2D eigenvalue weighted by molar-refractivity contribution is -0.127. The van der Waals surface area contributed by atoms with Crippen molar-refractivity contribution in [1.82, 2.24) is 15.5 Å². The molecule has 0 saturated carbocycles. The SMILES string of the molecule is CCNC(=NCC(=O)N(C)C)NCCCS(=O)(=O)Cc1ccccc1. The van der Waals surface area contributed by atoms with E-state index < -0.39 is 9.84 Å². The maximum atomic E-state index is 12.1. The number of hydrogen-bond acceptors (Lipinski definition) is 4. The van der Waals surface area contributed by atoms with Crippen molar-refractivity contribution in [2.24, 2.45) is 4.99 Å². The zero-order chi connectivity index (χ0) is 18.7. The van der Waals surface area contributed by atoms with Gasteiger partial charge in [0.25, 0.3) is 0 Å². The number of sulfone groups is 1. The first-order chi connectivity index (χ1) is 11.8. The van der Waals surface area contributed by atoms with Crippen LogP contribution in [0, 0.1) is 0 Å². The first kappa shape index (κ1) is 21.0. The summed E-state index contributed by atoms with van der Waals surface area (Å²) in [6, 6.07) is 9.16. The molecule has 140 valence electrons. The van der Waals surface area contributed by atoms with Crippen molar-refractivity contribution in [2.75, 3.05) is 39.5 Å². The van der Waals surface area contributed by atoms with E-state index in [-0.39, 0.29) is 24.0 Å². The van der Waals surface area contributed by atoms with E-state index in [1.807, 2.05) is 37.3 Å². The normalized spacial score (nSPS) is 11.9. The molecule has 0 fully saturated rings. The molecular formula is C17H28N4O3S. The van der Waals surface area contributed by atoms with Gasteiger partial charge in [-0.2, -0.15) is 0 Å². The van der Waals surface area contributed by atoms with Crippen LogP contribution in [0.2, 0.25) is 0 Å². The van der Waals surface area contributed by atoms with E-state index in [2.05, 4.69) is 15.6 Å². The van der Waals surface area contributed by atoms with Crippen LogP contribution in [-0.4, -0.2) is 64.7 Å². The monoisotopic (exact) mass is 368 g/mol. The van der Waals surface area contributed by atoms with Gasteiger partial charge in [0.2, 0.25) is 5.91 Å². The molecule has 25 heavy (non-hydrogen) atoms. The number of nitrogens with one attached hydrogen (secondary N) is 2. The number of carbonyl (C=O) groups excluding carboxylic acids is 1. The number of nitrogens with zero attached hydrogens (tertiary/aromatic N) is 2. The molecule has 1 amide bonds. The molecule has 0 aliphatic carbocycles. The number of benzene rings is 1. The van der Waals surface area contributed by atoms with Crippen molar-refractivity contribution in [1.29, 1.82) is 0 Å². The Labute approximate surface area is 150 Å². The molecule has 0 heterocycles. The molecule has 0 aromatic heterocycles. The molecule has 1 aromatic carbocycles. The number of aliphatic imine (C=N–C) groups is 1. The zero-order valence-electron chi connectivity index (χ0n) is 15.2. The highest BCUT2D eigenvalue weighted by Gasteiger charge is 2.11. The molecule has 0 aliphatic heterocycles. The van der Waals surface area contributed by atoms with Gasteiger partial charge in [-0.1, -0.05) is 30.3 Å². The molecule has 0 unspecified atom stereocenters. The smallest absolute Gasteiger partial charge is 0.243 e. The van der Waals surface area contributed by atoms with E-state index in [4.69, 9.17) is 0 Å². The lowest BCUT2D eigenvalue weighted by Crippen LogP contribution is -2.39. The van der Waals surface area contributed by atoms with Gasteiger partial charge in [0, 0.05) is 27.2 Å². The first-order valence-corrected chi connectivity index (χ1v) is 10.1. The molecule has 0 bridgehead atoms. The number of rotatable bonds is 9. The van der Waals surface area contributed by atoms with E-state index in [0.29, 0.717) is 25.5 Å². The van der Waals surface area contributed by atoms with Crippen LogP contribution < -0.4 is 10.6 Å². The number of hydrogen-bond donors (Lipinski definition) is 2. The lowest BCUT2D eigenvalue weighted by Gasteiger charge is -2.12. The van der Waals surface area contributed by atoms with E-state index in [1.54, 1.807) is 14.1 Å². The van der Waals surface area contributed by atoms with Gasteiger partial charge in [0.05, 0.1) is 11.5 Å². The Hall–Kier alpha value is -2.09. The lowest BCUT2D eigenvalue weighted by atomic mass is 10.2. The average molecular weight is 369 g/mol. The van der Waals surface area contributed by atoms with Gasteiger partial charge < -0.3 is 15.5 Å². The van der Waals surface area contributed by atoms with Crippen molar-refractivity contribution in [3.8, 4) is 0 Å². The highest BCUT2D eigenvalue weighted by molar-refractivity contribution is 7.90. The molecule has 2 N–H and O–H groups in total. The van der Waals surface area contributed by atoms with Crippen molar-refractivity contribution in [3.63, 3.8) is 0 Å². The number of guanidine groups is 1. The summed E-state index contributed by atoms with van der Waals surface area (Å²) in [5.41, 5.74) is 0.799. The largest absolute Gasteiger partial charge is 0.357 e. The molecular weight excluding hydrogens is 340 g/mol. The van der Waals surface area contributed by atoms with E-state index in [0.717, 1.165) is 5.56 Å². The van der Waals surface area contributed by atoms with Crippen LogP contribution in [-0.2, 0) is 20.4 Å². The van der Waals surface area contributed by atoms with Crippen LogP contribution in [0.15, 0.2) is 35.3 Å². The Morgan fingerprint density at radius 3 is 2.44 bits per heavy atom. The molecule has 0 saturated heterocycles. The second kappa shape index (κ2) is 10.7. The predicted octanol–water partition coefficient (Wildman–Crippen LogP) is 0.635. The molecule has 7 nitrogen and oxygen atoms in total. The van der Waals surface area contributed by atoms with Crippen LogP contribution >= 0.6 is 0 Å². The fourth-order valence-electron chi connectivity index (χ4n) is 2.03. The fourth-order valence-corrected chi connectivity index (χ4v) is 3.46. The maximum Gasteiger partial charge on any atom is 0.243 e. The van der Waals surface area contributed by atoms with Crippen molar-refractivity contribution in [3.05, 3.63) is 35.9 Å². The van der Waals surface area contributed by atoms with Gasteiger partial charge in [-0.05, 0) is 18.9 Å². The highest BCUT2D eigenvalue weighted by atomic mass is 32.2. The van der Waals surface area contributed by atoms with E-state index in [9.17, 15) is 13.2 Å². The van der Waals surface area contributed by atoms with Crippen molar-refractivity contribution < 1.29 is 13.2 Å². The molecule has 0 atom stereocenters. The zero-order valence-corrected chi connectivity index (χ0v) is 16.0. The second-order valence-electron chi connectivity index (χ2n) is 5.84. The molecule has 1 rings (SSSR count). The topological polar surface area (TPSA) is 90.9 Å². The number of likely N-dealkylation sites (N-methyl/N-ethyl adjacent to an activating group) is 1. The number of amides is 1. The minimum absolute atomic E-state index is 0.0502. The summed E-state index contributed by atoms with van der Waals surface area (Å²) in [6.07, 6.45) is 0.473. The molecule has 8 heteroatoms. The van der Waals surface area contributed by atoms with Gasteiger partial charge in [-0.3, -0.25) is 4.79 Å². The van der Waals surface area contributed by atoms with Gasteiger partial charge in [0.1, 0.15) is 6.54 Å². The Bertz CT molecular complexity index is 658. The Morgan fingerprint density at radius 2 is 1.84 bits per heavy atom. The standard InChI is InChI=1S/C17H28N4O3S/c1-4-18-17(20-13-16(22)21(2)3)19-11-8-12-25(23,24)14-15-9-6-5-7-10-15/h5-7,9-10H,4,8,11-14H2,1-3H3,(H2,18,19,20). The first-order valence-electron chi connectivity index (χ1n) is 8.30. The molecule has 0 aliphatic rings. The van der Waals surface area contributed by atoms with Gasteiger partial charge in [0.15, 0.2) is 15.8 Å². The summed E-state index contributed by atoms with van der Waals surface area (Å²) in [6.45, 7) is 3.11. The third kappa shape index (κ3) is 9.09. The average Bonchev–Trinajstić information content (AvgIpc) is 2.56. The quantitative estimate of drug-likeness (QED) is 0.379. The minimum Gasteiger partial charge on any atom is -0.357 e. The number of carbonyl (C=O) groups is 1. The third-order valence-electron chi connectivity index (χ3n) is 3.37. The molecule has 0 radical (unpaired) electrons. The Balaban J connectivity index is 2.42. The van der Waals surface area contributed by atoms with Crippen LogP contribution in [0.3, 0.4) is 0 Å². The van der Waals surface area contributed by atoms with E-state index in [1.165, 1.54) is 4.90 Å². The third-order valence-corrected chi connectivity index (χ3v) is 5.05. The summed E-state index contributed by atoms with van der Waals surface area (Å²) in [5, 5.41) is 6.09. The van der Waals surface area contributed by atoms with Crippen LogP contribution in [0.5, 0.6) is 0 Å². The van der Waals surface area contributed by atoms with Crippen LogP contribution in [0.25, 0.3) is 0 Å². The molecule has 0 spiro atoms. The van der Waals surface area contributed by atoms with Gasteiger partial charge >= 0.3 is 0 Å². The van der Waals surface area contributed by atoms with Crippen molar-refractivity contribution in [2.45, 2.75) is 19.1 Å². The Kier molecular flexibility index (Phi) is 8.98. The van der Waals surface area contributed by atoms with Crippen LogP contribution in [0.4, 0.5) is 0 Å². The summed E-state index contributed by atoms with van der Waals surface area (Å²) in [7, 11) is 0.210. The summed E-state index contributed by atoms with van der Waals surface area (Å²) in [4.78, 5) is 17.2. The summed E-state index contributed by atoms with van der Waals surface area (Å²) in [5.74, 6) is 0.574. The maximum absolute atomic E-state index is 12.1. The second-order valence-corrected chi connectivity index (χ2v) is 8.03. The summed E-state index contributed by atoms with van der Waals surface area (Å²) < 4.78 is 24.3. The van der Waals surface area contributed by atoms with Gasteiger partial charge in [-0.15, -0.1) is 0 Å². The molecule has 1 aromatic rings. The van der Waals surface area contributed by atoms with E-state index >= 15 is 0 Å². The summed E-state index contributed by atoms with van der Waals surface area (Å²) >= 11 is 0. The predicted molar refractivity (Wildman–Crippen MR) is 101 cm³/mol. The fraction of sp³-hybridized carbons (Fsp3) is 0.529. The van der Waals surface area contributed by atoms with Crippen molar-refractivity contribution >= 4 is 21.7 Å².